The third kappa shape index (κ3) is 8.21. The quantitative estimate of drug-likeness (QED) is 0.191. The van der Waals surface area contributed by atoms with Crippen LogP contribution in [-0.4, -0.2) is 45.7 Å². The Hall–Kier alpha value is -2.63. The van der Waals surface area contributed by atoms with E-state index in [1.165, 1.54) is 28.4 Å². The van der Waals surface area contributed by atoms with Crippen LogP contribution in [0.1, 0.15) is 44.9 Å². The van der Waals surface area contributed by atoms with Crippen LogP contribution in [0.25, 0.3) is 17.2 Å². The summed E-state index contributed by atoms with van der Waals surface area (Å²) in [6.07, 6.45) is 2.41. The second-order valence-corrected chi connectivity index (χ2v) is 11.6. The highest BCUT2D eigenvalue weighted by Crippen LogP contribution is 2.35. The van der Waals surface area contributed by atoms with Crippen LogP contribution in [0.2, 0.25) is 0 Å². The number of benzene rings is 1. The van der Waals surface area contributed by atoms with Crippen molar-refractivity contribution >= 4 is 63.5 Å². The molecule has 0 spiro atoms. The minimum absolute atomic E-state index is 0.0699. The average molecular weight is 553 g/mol. The van der Waals surface area contributed by atoms with Gasteiger partial charge in [-0.2, -0.15) is 0 Å². The maximum Gasteiger partial charge on any atom is 0.306 e. The molecule has 0 saturated carbocycles. The van der Waals surface area contributed by atoms with Crippen molar-refractivity contribution < 1.29 is 27.9 Å². The molecule has 0 unspecified atom stereocenters. The zero-order valence-corrected chi connectivity index (χ0v) is 22.5. The highest BCUT2D eigenvalue weighted by Gasteiger charge is 2.32. The summed E-state index contributed by atoms with van der Waals surface area (Å²) in [5, 5.41) is 4.49. The lowest BCUT2D eigenvalue weighted by molar-refractivity contribution is -0.155. The van der Waals surface area contributed by atoms with Gasteiger partial charge in [-0.3, -0.25) is 19.3 Å². The Morgan fingerprint density at radius 1 is 1.11 bits per heavy atom. The molecule has 11 heteroatoms. The fraction of sp³-hybridized carbons (Fsp3) is 0.360. The van der Waals surface area contributed by atoms with Gasteiger partial charge in [0.1, 0.15) is 21.6 Å². The van der Waals surface area contributed by atoms with Crippen molar-refractivity contribution in [1.82, 2.24) is 10.2 Å². The van der Waals surface area contributed by atoms with Gasteiger partial charge in [-0.15, -0.1) is 11.3 Å². The molecule has 192 valence electrons. The van der Waals surface area contributed by atoms with Gasteiger partial charge < -0.3 is 10.1 Å². The number of nitrogens with one attached hydrogen (secondary N) is 1. The Bertz CT molecular complexity index is 1180. The van der Waals surface area contributed by atoms with Crippen LogP contribution in [0.15, 0.2) is 34.6 Å². The number of carbonyl (C=O) groups is 3. The molecule has 2 aromatic rings. The number of amides is 2. The molecule has 0 bridgehead atoms. The zero-order chi connectivity index (χ0) is 26.5. The first kappa shape index (κ1) is 27.9. The molecule has 1 saturated heterocycles. The number of rotatable bonds is 9. The monoisotopic (exact) mass is 552 g/mol. The smallest absolute Gasteiger partial charge is 0.306 e. The van der Waals surface area contributed by atoms with E-state index in [1.807, 2.05) is 0 Å². The van der Waals surface area contributed by atoms with Crippen LogP contribution >= 0.6 is 35.3 Å². The first-order valence-corrected chi connectivity index (χ1v) is 13.3. The normalized spacial score (nSPS) is 15.0. The minimum Gasteiger partial charge on any atom is -0.460 e. The lowest BCUT2D eigenvalue weighted by Crippen LogP contribution is -2.34. The zero-order valence-electron chi connectivity index (χ0n) is 20.1. The van der Waals surface area contributed by atoms with E-state index in [1.54, 1.807) is 38.3 Å². The van der Waals surface area contributed by atoms with Crippen molar-refractivity contribution in [2.24, 2.45) is 0 Å². The third-order valence-electron chi connectivity index (χ3n) is 4.82. The van der Waals surface area contributed by atoms with Gasteiger partial charge in [-0.05, 0) is 68.0 Å². The van der Waals surface area contributed by atoms with Crippen molar-refractivity contribution in [3.63, 3.8) is 0 Å². The lowest BCUT2D eigenvalue weighted by Gasteiger charge is -2.19. The number of nitrogens with zero attached hydrogens (tertiary/aromatic N) is 1. The standard InChI is InChI=1S/C25H26F2N2O4S3/c1-25(2,3)33-22(31)5-4-7-28-21(30)6-8-29-23(32)20(36-24(29)34)13-19-11-16(14-35-19)15-9-17(26)12-18(27)10-15/h9-14H,4-8H2,1-3H3,(H,28,30). The summed E-state index contributed by atoms with van der Waals surface area (Å²) in [5.41, 5.74) is 0.510. The first-order valence-electron chi connectivity index (χ1n) is 11.2. The Labute approximate surface area is 222 Å². The van der Waals surface area contributed by atoms with Gasteiger partial charge in [0.15, 0.2) is 0 Å². The molecule has 2 amide bonds. The average Bonchev–Trinajstić information content (AvgIpc) is 3.33. The number of carbonyl (C=O) groups excluding carboxylic acids is 3. The van der Waals surface area contributed by atoms with E-state index in [0.29, 0.717) is 33.3 Å². The molecule has 3 rings (SSSR count). The Morgan fingerprint density at radius 3 is 2.47 bits per heavy atom. The van der Waals surface area contributed by atoms with E-state index in [0.717, 1.165) is 22.7 Å². The van der Waals surface area contributed by atoms with Crippen LogP contribution in [0.5, 0.6) is 0 Å². The summed E-state index contributed by atoms with van der Waals surface area (Å²) >= 11 is 7.79. The van der Waals surface area contributed by atoms with Crippen LogP contribution in [0, 0.1) is 11.6 Å². The molecule has 1 aliphatic heterocycles. The number of ether oxygens (including phenoxy) is 1. The van der Waals surface area contributed by atoms with Gasteiger partial charge in [0.05, 0.1) is 4.91 Å². The molecule has 0 radical (unpaired) electrons. The van der Waals surface area contributed by atoms with E-state index >= 15 is 0 Å². The van der Waals surface area contributed by atoms with Gasteiger partial charge in [-0.25, -0.2) is 8.78 Å². The first-order chi connectivity index (χ1) is 16.9. The van der Waals surface area contributed by atoms with Crippen LogP contribution < -0.4 is 5.32 Å². The highest BCUT2D eigenvalue weighted by atomic mass is 32.2. The number of hydrogen-bond acceptors (Lipinski definition) is 7. The van der Waals surface area contributed by atoms with E-state index in [2.05, 4.69) is 5.32 Å². The van der Waals surface area contributed by atoms with E-state index < -0.39 is 17.2 Å². The number of hydrogen-bond donors (Lipinski definition) is 1. The molecule has 1 N–H and O–H groups in total. The van der Waals surface area contributed by atoms with Gasteiger partial charge in [0.25, 0.3) is 5.91 Å². The van der Waals surface area contributed by atoms with Crippen molar-refractivity contribution in [2.45, 2.75) is 45.6 Å². The number of halogens is 2. The maximum absolute atomic E-state index is 13.5. The van der Waals surface area contributed by atoms with Gasteiger partial charge in [-0.1, -0.05) is 24.0 Å². The van der Waals surface area contributed by atoms with Gasteiger partial charge in [0, 0.05) is 36.9 Å². The number of thiophene rings is 1. The van der Waals surface area contributed by atoms with Crippen molar-refractivity contribution in [3.8, 4) is 11.1 Å². The molecular formula is C25H26F2N2O4S3. The molecule has 1 fully saturated rings. The van der Waals surface area contributed by atoms with E-state index in [-0.39, 0.29) is 37.2 Å². The summed E-state index contributed by atoms with van der Waals surface area (Å²) in [6.45, 7) is 5.85. The number of thiocarbonyl (C=S) groups is 1. The van der Waals surface area contributed by atoms with Gasteiger partial charge in [0.2, 0.25) is 5.91 Å². The molecule has 0 atom stereocenters. The fourth-order valence-electron chi connectivity index (χ4n) is 3.28. The largest absolute Gasteiger partial charge is 0.460 e. The number of esters is 1. The Morgan fingerprint density at radius 2 is 1.81 bits per heavy atom. The van der Waals surface area contributed by atoms with Crippen molar-refractivity contribution in [1.29, 1.82) is 0 Å². The van der Waals surface area contributed by atoms with Gasteiger partial charge >= 0.3 is 5.97 Å². The minimum atomic E-state index is -0.661. The predicted molar refractivity (Wildman–Crippen MR) is 142 cm³/mol. The molecule has 1 aliphatic rings. The summed E-state index contributed by atoms with van der Waals surface area (Å²) < 4.78 is 32.6. The molecular weight excluding hydrogens is 526 g/mol. The summed E-state index contributed by atoms with van der Waals surface area (Å²) in [5.74, 6) is -2.18. The van der Waals surface area contributed by atoms with Crippen LogP contribution in [0.4, 0.5) is 8.78 Å². The predicted octanol–water partition coefficient (Wildman–Crippen LogP) is 5.52. The molecule has 36 heavy (non-hydrogen) atoms. The fourth-order valence-corrected chi connectivity index (χ4v) is 5.50. The second-order valence-electron chi connectivity index (χ2n) is 9.02. The SMILES string of the molecule is CC(C)(C)OC(=O)CCCNC(=O)CCN1C(=O)C(=Cc2cc(-c3cc(F)cc(F)c3)cs2)SC1=S. The second kappa shape index (κ2) is 12.1. The summed E-state index contributed by atoms with van der Waals surface area (Å²) in [6, 6.07) is 5.05. The molecule has 6 nitrogen and oxygen atoms in total. The van der Waals surface area contributed by atoms with E-state index in [9.17, 15) is 23.2 Å². The third-order valence-corrected chi connectivity index (χ3v) is 7.08. The van der Waals surface area contributed by atoms with Crippen LogP contribution in [-0.2, 0) is 19.1 Å². The molecule has 1 aromatic heterocycles. The van der Waals surface area contributed by atoms with Crippen molar-refractivity contribution in [3.05, 3.63) is 51.1 Å². The molecule has 2 heterocycles. The highest BCUT2D eigenvalue weighted by molar-refractivity contribution is 8.26. The summed E-state index contributed by atoms with van der Waals surface area (Å²) in [4.78, 5) is 39.2. The Balaban J connectivity index is 1.49. The van der Waals surface area contributed by atoms with Crippen LogP contribution in [0.3, 0.4) is 0 Å². The number of thioether (sulfide) groups is 1. The maximum atomic E-state index is 13.5. The Kier molecular flexibility index (Phi) is 9.37. The molecule has 0 aliphatic carbocycles. The van der Waals surface area contributed by atoms with E-state index in [4.69, 9.17) is 17.0 Å². The topological polar surface area (TPSA) is 75.7 Å². The molecule has 1 aromatic carbocycles. The van der Waals surface area contributed by atoms with Crippen molar-refractivity contribution in [2.75, 3.05) is 13.1 Å². The summed E-state index contributed by atoms with van der Waals surface area (Å²) in [7, 11) is 0. The lowest BCUT2D eigenvalue weighted by atomic mass is 10.1.